The first kappa shape index (κ1) is 24.3. The first-order valence-electron chi connectivity index (χ1n) is 9.21. The normalized spacial score (nSPS) is 18.8. The monoisotopic (exact) mass is 495 g/mol. The molecule has 0 amide bonds. The fourth-order valence-electron chi connectivity index (χ4n) is 2.83. The second kappa shape index (κ2) is 12.0. The highest BCUT2D eigenvalue weighted by molar-refractivity contribution is 9.10. The minimum Gasteiger partial charge on any atom is -0.466 e. The molecular weight excluding hydrogens is 474 g/mol. The molecule has 0 saturated carbocycles. The number of hydrogen-bond donors (Lipinski definition) is 0. The maximum atomic E-state index is 12.1. The standard InChI is InChI=1S/C21H22BrNO8/c1-28-18(24)7-9-20(26)30-16-12-23(11-14-5-3-4-6-15(14)22)13-17(16)31-21(27)10-8-19(25)29-2/h3-10,16-17H,11-13H2,1-2H3/b9-7+,10-8+/t16-,17-/m0/s1. The molecule has 0 spiro atoms. The van der Waals surface area contributed by atoms with E-state index in [4.69, 9.17) is 9.47 Å². The number of rotatable bonds is 8. The second-order valence-corrected chi connectivity index (χ2v) is 7.30. The van der Waals surface area contributed by atoms with Gasteiger partial charge in [-0.2, -0.15) is 0 Å². The molecule has 0 unspecified atom stereocenters. The predicted molar refractivity (Wildman–Crippen MR) is 111 cm³/mol. The van der Waals surface area contributed by atoms with Gasteiger partial charge in [0.05, 0.1) is 14.2 Å². The van der Waals surface area contributed by atoms with Crippen molar-refractivity contribution >= 4 is 39.8 Å². The van der Waals surface area contributed by atoms with Crippen LogP contribution in [-0.4, -0.2) is 68.3 Å². The summed E-state index contributed by atoms with van der Waals surface area (Å²) in [4.78, 5) is 48.4. The average Bonchev–Trinajstić information content (AvgIpc) is 3.12. The van der Waals surface area contributed by atoms with Gasteiger partial charge in [-0.05, 0) is 11.6 Å². The van der Waals surface area contributed by atoms with Gasteiger partial charge in [-0.1, -0.05) is 34.1 Å². The van der Waals surface area contributed by atoms with E-state index >= 15 is 0 Å². The van der Waals surface area contributed by atoms with E-state index in [1.165, 1.54) is 14.2 Å². The number of benzene rings is 1. The molecule has 9 nitrogen and oxygen atoms in total. The number of carbonyl (C=O) groups excluding carboxylic acids is 4. The maximum absolute atomic E-state index is 12.1. The van der Waals surface area contributed by atoms with Gasteiger partial charge in [-0.15, -0.1) is 0 Å². The van der Waals surface area contributed by atoms with Crippen LogP contribution in [0.1, 0.15) is 5.56 Å². The SMILES string of the molecule is COC(=O)/C=C/C(=O)O[C@H]1CN(Cc2ccccc2Br)C[C@@H]1OC(=O)/C=C/C(=O)OC. The third-order valence-electron chi connectivity index (χ3n) is 4.29. The van der Waals surface area contributed by atoms with Gasteiger partial charge < -0.3 is 18.9 Å². The number of carbonyl (C=O) groups is 4. The van der Waals surface area contributed by atoms with Gasteiger partial charge in [0, 0.05) is 48.4 Å². The number of methoxy groups -OCH3 is 2. The van der Waals surface area contributed by atoms with Gasteiger partial charge >= 0.3 is 23.9 Å². The van der Waals surface area contributed by atoms with Crippen LogP contribution in [0.2, 0.25) is 0 Å². The molecule has 0 aliphatic carbocycles. The summed E-state index contributed by atoms with van der Waals surface area (Å²) in [6.45, 7) is 1.13. The summed E-state index contributed by atoms with van der Waals surface area (Å²) >= 11 is 3.49. The molecule has 1 fully saturated rings. The number of ether oxygens (including phenoxy) is 4. The van der Waals surface area contributed by atoms with Crippen molar-refractivity contribution in [1.82, 2.24) is 4.90 Å². The van der Waals surface area contributed by atoms with Gasteiger partial charge in [-0.3, -0.25) is 4.90 Å². The molecule has 1 aromatic carbocycles. The summed E-state index contributed by atoms with van der Waals surface area (Å²) in [6.07, 6.45) is 2.23. The quantitative estimate of drug-likeness (QED) is 0.301. The molecule has 0 N–H and O–H groups in total. The van der Waals surface area contributed by atoms with Crippen LogP contribution in [0.3, 0.4) is 0 Å². The van der Waals surface area contributed by atoms with E-state index in [0.717, 1.165) is 34.3 Å². The van der Waals surface area contributed by atoms with Crippen molar-refractivity contribution in [3.63, 3.8) is 0 Å². The molecule has 1 aromatic rings. The Labute approximate surface area is 187 Å². The Morgan fingerprint density at radius 1 is 0.871 bits per heavy atom. The van der Waals surface area contributed by atoms with Crippen molar-refractivity contribution in [2.24, 2.45) is 0 Å². The highest BCUT2D eigenvalue weighted by atomic mass is 79.9. The summed E-state index contributed by atoms with van der Waals surface area (Å²) in [7, 11) is 2.37. The zero-order chi connectivity index (χ0) is 22.8. The molecule has 166 valence electrons. The average molecular weight is 496 g/mol. The Morgan fingerprint density at radius 3 is 1.77 bits per heavy atom. The Bertz CT molecular complexity index is 834. The summed E-state index contributed by atoms with van der Waals surface area (Å²) < 4.78 is 20.6. The fraction of sp³-hybridized carbons (Fsp3) is 0.333. The minimum atomic E-state index is -0.774. The lowest BCUT2D eigenvalue weighted by Crippen LogP contribution is -2.33. The highest BCUT2D eigenvalue weighted by Crippen LogP contribution is 2.23. The molecule has 2 rings (SSSR count). The van der Waals surface area contributed by atoms with E-state index < -0.39 is 36.1 Å². The van der Waals surface area contributed by atoms with Gasteiger partial charge in [0.25, 0.3) is 0 Å². The molecule has 31 heavy (non-hydrogen) atoms. The van der Waals surface area contributed by atoms with Crippen LogP contribution in [-0.2, 0) is 44.7 Å². The molecule has 1 heterocycles. The minimum absolute atomic E-state index is 0.303. The van der Waals surface area contributed by atoms with Crippen molar-refractivity contribution in [3.05, 3.63) is 58.6 Å². The zero-order valence-electron chi connectivity index (χ0n) is 17.0. The second-order valence-electron chi connectivity index (χ2n) is 6.45. The molecule has 0 aromatic heterocycles. The van der Waals surface area contributed by atoms with Crippen LogP contribution in [0.15, 0.2) is 53.0 Å². The molecular formula is C21H22BrNO8. The molecule has 0 radical (unpaired) electrons. The third kappa shape index (κ3) is 7.99. The molecule has 1 saturated heterocycles. The molecule has 10 heteroatoms. The smallest absolute Gasteiger partial charge is 0.331 e. The van der Waals surface area contributed by atoms with Crippen molar-refractivity contribution in [2.45, 2.75) is 18.8 Å². The van der Waals surface area contributed by atoms with E-state index in [0.29, 0.717) is 19.6 Å². The Kier molecular flexibility index (Phi) is 9.41. The van der Waals surface area contributed by atoms with E-state index in [-0.39, 0.29) is 0 Å². The van der Waals surface area contributed by atoms with Crippen LogP contribution in [0.5, 0.6) is 0 Å². The Balaban J connectivity index is 2.08. The maximum Gasteiger partial charge on any atom is 0.331 e. The topological polar surface area (TPSA) is 108 Å². The van der Waals surface area contributed by atoms with Crippen LogP contribution in [0.25, 0.3) is 0 Å². The van der Waals surface area contributed by atoms with Crippen LogP contribution in [0.4, 0.5) is 0 Å². The lowest BCUT2D eigenvalue weighted by Gasteiger charge is -2.17. The summed E-state index contributed by atoms with van der Waals surface area (Å²) in [5, 5.41) is 0. The lowest BCUT2D eigenvalue weighted by molar-refractivity contribution is -0.157. The summed E-state index contributed by atoms with van der Waals surface area (Å²) in [6, 6.07) is 7.66. The van der Waals surface area contributed by atoms with Crippen molar-refractivity contribution in [1.29, 1.82) is 0 Å². The molecule has 2 atom stereocenters. The van der Waals surface area contributed by atoms with Gasteiger partial charge in [-0.25, -0.2) is 19.2 Å². The van der Waals surface area contributed by atoms with E-state index in [2.05, 4.69) is 25.4 Å². The molecule has 1 aliphatic heterocycles. The Hall–Kier alpha value is -2.98. The first-order chi connectivity index (χ1) is 14.8. The van der Waals surface area contributed by atoms with Crippen LogP contribution >= 0.6 is 15.9 Å². The number of halogens is 1. The van der Waals surface area contributed by atoms with Crippen LogP contribution in [0, 0.1) is 0 Å². The number of hydrogen-bond acceptors (Lipinski definition) is 9. The first-order valence-corrected chi connectivity index (χ1v) is 10.0. The highest BCUT2D eigenvalue weighted by Gasteiger charge is 2.38. The van der Waals surface area contributed by atoms with Gasteiger partial charge in [0.2, 0.25) is 0 Å². The number of likely N-dealkylation sites (tertiary alicyclic amines) is 1. The number of esters is 4. The fourth-order valence-corrected chi connectivity index (χ4v) is 3.24. The molecule has 0 bridgehead atoms. The van der Waals surface area contributed by atoms with E-state index in [9.17, 15) is 19.2 Å². The number of nitrogens with zero attached hydrogens (tertiary/aromatic N) is 1. The third-order valence-corrected chi connectivity index (χ3v) is 5.06. The molecule has 1 aliphatic rings. The lowest BCUT2D eigenvalue weighted by atomic mass is 10.2. The van der Waals surface area contributed by atoms with Crippen molar-refractivity contribution in [2.75, 3.05) is 27.3 Å². The Morgan fingerprint density at radius 2 is 1.32 bits per heavy atom. The predicted octanol–water partition coefficient (Wildman–Crippen LogP) is 1.55. The zero-order valence-corrected chi connectivity index (χ0v) is 18.6. The van der Waals surface area contributed by atoms with E-state index in [1.54, 1.807) is 0 Å². The van der Waals surface area contributed by atoms with Gasteiger partial charge in [0.1, 0.15) is 0 Å². The van der Waals surface area contributed by atoms with Crippen molar-refractivity contribution < 1.29 is 38.1 Å². The van der Waals surface area contributed by atoms with Gasteiger partial charge in [0.15, 0.2) is 12.2 Å². The summed E-state index contributed by atoms with van der Waals surface area (Å²) in [5.41, 5.74) is 1.01. The largest absolute Gasteiger partial charge is 0.466 e. The van der Waals surface area contributed by atoms with E-state index in [1.807, 2.05) is 29.2 Å². The van der Waals surface area contributed by atoms with Crippen molar-refractivity contribution in [3.8, 4) is 0 Å². The van der Waals surface area contributed by atoms with Crippen LogP contribution < -0.4 is 0 Å². The summed E-state index contributed by atoms with van der Waals surface area (Å²) in [5.74, 6) is -2.95.